The summed E-state index contributed by atoms with van der Waals surface area (Å²) < 4.78 is 6.88. The van der Waals surface area contributed by atoms with Gasteiger partial charge in [-0.05, 0) is 31.5 Å². The summed E-state index contributed by atoms with van der Waals surface area (Å²) in [6.07, 6.45) is 0. The average Bonchev–Trinajstić information content (AvgIpc) is 2.27. The Morgan fingerprint density at radius 2 is 2.18 bits per heavy atom. The molecule has 0 N–H and O–H groups in total. The predicted molar refractivity (Wildman–Crippen MR) is 79.0 cm³/mol. The number of hydrogen-bond donors (Lipinski definition) is 0. The SMILES string of the molecule is CC1(C)CN(c2cc(Br)ccc2CBr)CCO1. The zero-order chi connectivity index (χ0) is 12.5. The molecular formula is C13H17Br2NO. The van der Waals surface area contributed by atoms with Gasteiger partial charge in [-0.3, -0.25) is 0 Å². The number of nitrogens with zero attached hydrogens (tertiary/aromatic N) is 1. The summed E-state index contributed by atoms with van der Waals surface area (Å²) in [7, 11) is 0. The van der Waals surface area contributed by atoms with Crippen LogP contribution in [0, 0.1) is 0 Å². The van der Waals surface area contributed by atoms with Gasteiger partial charge in [0, 0.05) is 28.6 Å². The number of anilines is 1. The highest BCUT2D eigenvalue weighted by Gasteiger charge is 2.28. The highest BCUT2D eigenvalue weighted by atomic mass is 79.9. The Morgan fingerprint density at radius 3 is 2.82 bits per heavy atom. The molecule has 1 aromatic carbocycles. The number of morpholine rings is 1. The topological polar surface area (TPSA) is 12.5 Å². The molecule has 1 aliphatic rings. The van der Waals surface area contributed by atoms with Gasteiger partial charge in [-0.25, -0.2) is 0 Å². The van der Waals surface area contributed by atoms with E-state index in [9.17, 15) is 0 Å². The molecule has 0 bridgehead atoms. The summed E-state index contributed by atoms with van der Waals surface area (Å²) in [5.74, 6) is 0. The molecule has 0 spiro atoms. The molecule has 2 nitrogen and oxygen atoms in total. The summed E-state index contributed by atoms with van der Waals surface area (Å²) in [5, 5.41) is 0.882. The molecule has 0 atom stereocenters. The Labute approximate surface area is 120 Å². The standard InChI is InChI=1S/C13H17Br2NO/c1-13(2)9-16(5-6-17-13)12-7-11(15)4-3-10(12)8-14/h3-4,7H,5-6,8-9H2,1-2H3. The van der Waals surface area contributed by atoms with Crippen LogP contribution in [0.1, 0.15) is 19.4 Å². The third-order valence-corrected chi connectivity index (χ3v) is 4.06. The van der Waals surface area contributed by atoms with Gasteiger partial charge in [-0.2, -0.15) is 0 Å². The van der Waals surface area contributed by atoms with Crippen LogP contribution in [0.2, 0.25) is 0 Å². The molecule has 0 aliphatic carbocycles. The van der Waals surface area contributed by atoms with Crippen molar-refractivity contribution in [1.82, 2.24) is 0 Å². The normalized spacial score (nSPS) is 19.4. The maximum atomic E-state index is 5.76. The molecule has 4 heteroatoms. The predicted octanol–water partition coefficient (Wildman–Crippen LogP) is 3.96. The average molecular weight is 363 g/mol. The lowest BCUT2D eigenvalue weighted by Gasteiger charge is -2.40. The Balaban J connectivity index is 2.29. The van der Waals surface area contributed by atoms with Gasteiger partial charge in [0.1, 0.15) is 0 Å². The van der Waals surface area contributed by atoms with E-state index in [1.807, 2.05) is 0 Å². The summed E-state index contributed by atoms with van der Waals surface area (Å²) in [5.41, 5.74) is 2.56. The van der Waals surface area contributed by atoms with Crippen LogP contribution >= 0.6 is 31.9 Å². The first-order valence-corrected chi connectivity index (χ1v) is 7.66. The van der Waals surface area contributed by atoms with E-state index in [1.165, 1.54) is 11.3 Å². The van der Waals surface area contributed by atoms with E-state index < -0.39 is 0 Å². The van der Waals surface area contributed by atoms with E-state index in [0.29, 0.717) is 0 Å². The van der Waals surface area contributed by atoms with Crippen molar-refractivity contribution in [3.63, 3.8) is 0 Å². The summed E-state index contributed by atoms with van der Waals surface area (Å²) in [4.78, 5) is 2.41. The highest BCUT2D eigenvalue weighted by molar-refractivity contribution is 9.10. The van der Waals surface area contributed by atoms with Crippen LogP contribution in [0.4, 0.5) is 5.69 Å². The lowest BCUT2D eigenvalue weighted by molar-refractivity contribution is -0.0277. The zero-order valence-electron chi connectivity index (χ0n) is 10.2. The highest BCUT2D eigenvalue weighted by Crippen LogP contribution is 2.30. The first-order chi connectivity index (χ1) is 8.02. The van der Waals surface area contributed by atoms with E-state index in [2.05, 4.69) is 68.8 Å². The molecular weight excluding hydrogens is 346 g/mol. The second kappa shape index (κ2) is 5.29. The summed E-state index contributed by atoms with van der Waals surface area (Å²) >= 11 is 7.10. The van der Waals surface area contributed by atoms with Crippen LogP contribution < -0.4 is 4.90 Å². The molecule has 0 unspecified atom stereocenters. The Bertz CT molecular complexity index is 406. The van der Waals surface area contributed by atoms with E-state index in [1.54, 1.807) is 0 Å². The second-order valence-corrected chi connectivity index (χ2v) is 6.41. The fourth-order valence-electron chi connectivity index (χ4n) is 2.17. The Hall–Kier alpha value is -0.0600. The molecule has 0 amide bonds. The lowest BCUT2D eigenvalue weighted by Crippen LogP contribution is -2.48. The summed E-state index contributed by atoms with van der Waals surface area (Å²) in [6, 6.07) is 6.44. The van der Waals surface area contributed by atoms with Crippen molar-refractivity contribution in [3.8, 4) is 0 Å². The van der Waals surface area contributed by atoms with E-state index in [4.69, 9.17) is 4.74 Å². The van der Waals surface area contributed by atoms with Crippen LogP contribution in [0.3, 0.4) is 0 Å². The van der Waals surface area contributed by atoms with Crippen molar-refractivity contribution in [2.75, 3.05) is 24.6 Å². The molecule has 17 heavy (non-hydrogen) atoms. The van der Waals surface area contributed by atoms with Gasteiger partial charge in [-0.15, -0.1) is 0 Å². The Kier molecular flexibility index (Phi) is 4.16. The molecule has 1 heterocycles. The number of hydrogen-bond acceptors (Lipinski definition) is 2. The maximum Gasteiger partial charge on any atom is 0.0801 e. The van der Waals surface area contributed by atoms with Crippen molar-refractivity contribution in [2.24, 2.45) is 0 Å². The van der Waals surface area contributed by atoms with E-state index in [0.717, 1.165) is 29.5 Å². The third kappa shape index (κ3) is 3.24. The number of benzene rings is 1. The van der Waals surface area contributed by atoms with Gasteiger partial charge in [0.25, 0.3) is 0 Å². The van der Waals surface area contributed by atoms with Crippen LogP contribution in [-0.4, -0.2) is 25.3 Å². The quantitative estimate of drug-likeness (QED) is 0.738. The number of rotatable bonds is 2. The molecule has 1 fully saturated rings. The fourth-order valence-corrected chi connectivity index (χ4v) is 2.99. The van der Waals surface area contributed by atoms with Crippen LogP contribution in [-0.2, 0) is 10.1 Å². The lowest BCUT2D eigenvalue weighted by atomic mass is 10.1. The minimum absolute atomic E-state index is 0.0653. The smallest absolute Gasteiger partial charge is 0.0801 e. The van der Waals surface area contributed by atoms with Gasteiger partial charge in [0.2, 0.25) is 0 Å². The van der Waals surface area contributed by atoms with Gasteiger partial charge in [0.15, 0.2) is 0 Å². The van der Waals surface area contributed by atoms with Gasteiger partial charge < -0.3 is 9.64 Å². The third-order valence-electron chi connectivity index (χ3n) is 2.96. The summed E-state index contributed by atoms with van der Waals surface area (Å²) in [6.45, 7) is 6.97. The van der Waals surface area contributed by atoms with Crippen molar-refractivity contribution < 1.29 is 4.74 Å². The molecule has 94 valence electrons. The fraction of sp³-hybridized carbons (Fsp3) is 0.538. The van der Waals surface area contributed by atoms with Crippen LogP contribution in [0.15, 0.2) is 22.7 Å². The zero-order valence-corrected chi connectivity index (χ0v) is 13.3. The minimum Gasteiger partial charge on any atom is -0.372 e. The molecule has 0 saturated carbocycles. The van der Waals surface area contributed by atoms with E-state index >= 15 is 0 Å². The largest absolute Gasteiger partial charge is 0.372 e. The van der Waals surface area contributed by atoms with E-state index in [-0.39, 0.29) is 5.60 Å². The number of alkyl halides is 1. The van der Waals surface area contributed by atoms with Crippen molar-refractivity contribution in [1.29, 1.82) is 0 Å². The first-order valence-electron chi connectivity index (χ1n) is 5.75. The Morgan fingerprint density at radius 1 is 1.41 bits per heavy atom. The molecule has 0 aromatic heterocycles. The molecule has 1 aliphatic heterocycles. The number of halogens is 2. The number of ether oxygens (including phenoxy) is 1. The van der Waals surface area contributed by atoms with Crippen LogP contribution in [0.5, 0.6) is 0 Å². The van der Waals surface area contributed by atoms with Crippen molar-refractivity contribution >= 4 is 37.5 Å². The van der Waals surface area contributed by atoms with Gasteiger partial charge >= 0.3 is 0 Å². The van der Waals surface area contributed by atoms with Crippen molar-refractivity contribution in [2.45, 2.75) is 24.8 Å². The first kappa shape index (κ1) is 13.4. The molecule has 0 radical (unpaired) electrons. The molecule has 1 saturated heterocycles. The second-order valence-electron chi connectivity index (χ2n) is 4.94. The molecule has 2 rings (SSSR count). The minimum atomic E-state index is -0.0653. The van der Waals surface area contributed by atoms with Crippen LogP contribution in [0.25, 0.3) is 0 Å². The van der Waals surface area contributed by atoms with Crippen molar-refractivity contribution in [3.05, 3.63) is 28.2 Å². The molecule has 1 aromatic rings. The van der Waals surface area contributed by atoms with Gasteiger partial charge in [-0.1, -0.05) is 37.9 Å². The van der Waals surface area contributed by atoms with Gasteiger partial charge in [0.05, 0.1) is 12.2 Å². The monoisotopic (exact) mass is 361 g/mol. The maximum absolute atomic E-state index is 5.76.